The molecule has 0 aliphatic heterocycles. The van der Waals surface area contributed by atoms with E-state index in [9.17, 15) is 5.21 Å². The van der Waals surface area contributed by atoms with Crippen LogP contribution in [0.1, 0.15) is 11.1 Å². The molecule has 0 aliphatic carbocycles. The van der Waals surface area contributed by atoms with Gasteiger partial charge in [-0.25, -0.2) is 5.21 Å². The van der Waals surface area contributed by atoms with Crippen LogP contribution in [0.2, 0.25) is 0 Å². The lowest BCUT2D eigenvalue weighted by Crippen LogP contribution is -2.99. The van der Waals surface area contributed by atoms with Crippen LogP contribution in [0.25, 0.3) is 0 Å². The predicted molar refractivity (Wildman–Crippen MR) is 68.5 cm³/mol. The van der Waals surface area contributed by atoms with Gasteiger partial charge < -0.3 is 11.0 Å². The highest BCUT2D eigenvalue weighted by molar-refractivity contribution is 6.12. The lowest BCUT2D eigenvalue weighted by atomic mass is 10.0. The van der Waals surface area contributed by atoms with E-state index in [-0.39, 0.29) is 5.69 Å². The number of hydrogen-bond donors (Lipinski definition) is 3. The number of quaternary nitrogens is 1. The molecule has 1 unspecified atom stereocenters. The third kappa shape index (κ3) is 2.54. The van der Waals surface area contributed by atoms with Crippen molar-refractivity contribution in [3.63, 3.8) is 0 Å². The third-order valence-corrected chi connectivity index (χ3v) is 2.58. The Hall–Kier alpha value is -2.21. The molecule has 0 saturated heterocycles. The summed E-state index contributed by atoms with van der Waals surface area (Å²) >= 11 is 0. The van der Waals surface area contributed by atoms with E-state index in [4.69, 9.17) is 11.0 Å². The van der Waals surface area contributed by atoms with Crippen LogP contribution < -0.4 is 11.1 Å². The molecule has 2 aromatic carbocycles. The first-order chi connectivity index (χ1) is 8.72. The summed E-state index contributed by atoms with van der Waals surface area (Å²) in [6, 6.07) is 16.0. The van der Waals surface area contributed by atoms with Gasteiger partial charge in [0.15, 0.2) is 5.69 Å². The Morgan fingerprint density at radius 1 is 1.00 bits per heavy atom. The zero-order valence-electron chi connectivity index (χ0n) is 9.58. The van der Waals surface area contributed by atoms with E-state index in [0.29, 0.717) is 5.71 Å². The minimum Gasteiger partial charge on any atom is -0.595 e. The summed E-state index contributed by atoms with van der Waals surface area (Å²) in [5.74, 6) is 5.41. The number of nitrogens with one attached hydrogen (secondary N) is 1. The fraction of sp³-hybridized carbons (Fsp3) is 0. The fourth-order valence-corrected chi connectivity index (χ4v) is 1.68. The number of nitrogens with two attached hydrogens (primary N) is 1. The summed E-state index contributed by atoms with van der Waals surface area (Å²) in [4.78, 5) is 0. The summed E-state index contributed by atoms with van der Waals surface area (Å²) in [6.45, 7) is 0. The second-order valence-electron chi connectivity index (χ2n) is 3.73. The van der Waals surface area contributed by atoms with E-state index in [1.165, 1.54) is 12.1 Å². The number of rotatable bonds is 3. The van der Waals surface area contributed by atoms with Crippen molar-refractivity contribution in [2.45, 2.75) is 0 Å². The Kier molecular flexibility index (Phi) is 3.69. The molecule has 0 radical (unpaired) electrons. The second kappa shape index (κ2) is 5.42. The van der Waals surface area contributed by atoms with Gasteiger partial charge in [0.25, 0.3) is 0 Å². The molecule has 1 atom stereocenters. The molecule has 92 valence electrons. The molecule has 0 saturated carbocycles. The molecule has 2 aromatic rings. The average Bonchev–Trinajstić information content (AvgIpc) is 2.41. The van der Waals surface area contributed by atoms with Crippen LogP contribution in [0.3, 0.4) is 0 Å². The standard InChI is InChI=1S/C13H13N3O2/c14-15-13(10-4-2-1-3-5-10)11-6-8-12(9-7-11)16(17)18/h1-9,16-17H,14H2/b15-13+. The van der Waals surface area contributed by atoms with Crippen LogP contribution in [0, 0.1) is 5.21 Å². The largest absolute Gasteiger partial charge is 0.595 e. The van der Waals surface area contributed by atoms with Crippen molar-refractivity contribution in [3.8, 4) is 0 Å². The molecule has 0 heterocycles. The molecule has 0 bridgehead atoms. The Balaban J connectivity index is 2.35. The first kappa shape index (κ1) is 12.3. The maximum atomic E-state index is 10.8. The maximum absolute atomic E-state index is 10.8. The van der Waals surface area contributed by atoms with Crippen LogP contribution in [-0.4, -0.2) is 10.9 Å². The number of nitrogens with zero attached hydrogens (tertiary/aromatic N) is 1. The molecule has 18 heavy (non-hydrogen) atoms. The quantitative estimate of drug-likeness (QED) is 0.423. The minimum atomic E-state index is -0.951. The third-order valence-electron chi connectivity index (χ3n) is 2.58. The summed E-state index contributed by atoms with van der Waals surface area (Å²) in [5, 5.41) is 22.4. The van der Waals surface area contributed by atoms with Gasteiger partial charge in [-0.05, 0) is 12.1 Å². The van der Waals surface area contributed by atoms with Gasteiger partial charge >= 0.3 is 0 Å². The fourth-order valence-electron chi connectivity index (χ4n) is 1.68. The molecular weight excluding hydrogens is 230 g/mol. The van der Waals surface area contributed by atoms with Crippen LogP contribution in [0.4, 0.5) is 5.69 Å². The van der Waals surface area contributed by atoms with Crippen LogP contribution >= 0.6 is 0 Å². The number of hydrogen-bond acceptors (Lipinski definition) is 4. The van der Waals surface area contributed by atoms with Crippen molar-refractivity contribution in [1.29, 1.82) is 0 Å². The first-order valence-electron chi connectivity index (χ1n) is 5.39. The molecule has 0 spiro atoms. The molecule has 0 fully saturated rings. The van der Waals surface area contributed by atoms with Crippen molar-refractivity contribution in [3.05, 3.63) is 70.9 Å². The van der Waals surface area contributed by atoms with Gasteiger partial charge in [-0.15, -0.1) is 0 Å². The first-order valence-corrected chi connectivity index (χ1v) is 5.39. The molecule has 0 aromatic heterocycles. The predicted octanol–water partition coefficient (Wildman–Crippen LogP) is 0.801. The zero-order chi connectivity index (χ0) is 13.0. The van der Waals surface area contributed by atoms with Crippen molar-refractivity contribution in [2.24, 2.45) is 10.9 Å². The van der Waals surface area contributed by atoms with Crippen LogP contribution in [-0.2, 0) is 0 Å². The Labute approximate surface area is 104 Å². The highest BCUT2D eigenvalue weighted by atomic mass is 16.8. The van der Waals surface area contributed by atoms with E-state index >= 15 is 0 Å². The zero-order valence-corrected chi connectivity index (χ0v) is 9.58. The van der Waals surface area contributed by atoms with Crippen LogP contribution in [0.15, 0.2) is 59.7 Å². The van der Waals surface area contributed by atoms with E-state index in [1.54, 1.807) is 12.1 Å². The lowest BCUT2D eigenvalue weighted by molar-refractivity contribution is -0.991. The van der Waals surface area contributed by atoms with Crippen molar-refractivity contribution in [1.82, 2.24) is 0 Å². The Bertz CT molecular complexity index is 536. The van der Waals surface area contributed by atoms with E-state index in [0.717, 1.165) is 11.1 Å². The highest BCUT2D eigenvalue weighted by Gasteiger charge is 2.07. The molecule has 0 amide bonds. The summed E-state index contributed by atoms with van der Waals surface area (Å²) in [5.41, 5.74) is 2.55. The molecule has 2 rings (SSSR count). The molecule has 5 nitrogen and oxygen atoms in total. The average molecular weight is 243 g/mol. The van der Waals surface area contributed by atoms with Gasteiger partial charge in [-0.2, -0.15) is 10.3 Å². The molecule has 4 N–H and O–H groups in total. The van der Waals surface area contributed by atoms with Gasteiger partial charge in [-0.3, -0.25) is 0 Å². The van der Waals surface area contributed by atoms with Gasteiger partial charge in [0.2, 0.25) is 0 Å². The normalized spacial score (nSPS) is 13.3. The smallest absolute Gasteiger partial charge is 0.163 e. The van der Waals surface area contributed by atoms with E-state index in [1.807, 2.05) is 30.3 Å². The van der Waals surface area contributed by atoms with Gasteiger partial charge in [0.1, 0.15) is 0 Å². The van der Waals surface area contributed by atoms with Crippen LogP contribution in [0.5, 0.6) is 0 Å². The SMILES string of the molecule is N/N=C(\c1ccccc1)c1ccc([NH+]([O-])O)cc1. The van der Waals surface area contributed by atoms with Gasteiger partial charge in [-0.1, -0.05) is 30.3 Å². The minimum absolute atomic E-state index is 0.239. The van der Waals surface area contributed by atoms with E-state index in [2.05, 4.69) is 5.10 Å². The monoisotopic (exact) mass is 243 g/mol. The lowest BCUT2D eigenvalue weighted by Gasteiger charge is -2.12. The highest BCUT2D eigenvalue weighted by Crippen LogP contribution is 2.12. The topological polar surface area (TPSA) is 86.1 Å². The number of hydrazone groups is 1. The van der Waals surface area contributed by atoms with Crippen molar-refractivity contribution >= 4 is 11.4 Å². The van der Waals surface area contributed by atoms with Crippen molar-refractivity contribution < 1.29 is 10.4 Å². The summed E-state index contributed by atoms with van der Waals surface area (Å²) < 4.78 is 0. The van der Waals surface area contributed by atoms with Gasteiger partial charge in [0.05, 0.1) is 5.71 Å². The summed E-state index contributed by atoms with van der Waals surface area (Å²) in [6.07, 6.45) is 0. The Morgan fingerprint density at radius 3 is 2.06 bits per heavy atom. The second-order valence-corrected chi connectivity index (χ2v) is 3.73. The van der Waals surface area contributed by atoms with Gasteiger partial charge in [0, 0.05) is 23.3 Å². The summed E-state index contributed by atoms with van der Waals surface area (Å²) in [7, 11) is 0. The maximum Gasteiger partial charge on any atom is 0.163 e. The molecule has 5 heteroatoms. The van der Waals surface area contributed by atoms with E-state index < -0.39 is 5.23 Å². The molecule has 0 aliphatic rings. The Morgan fingerprint density at radius 2 is 1.56 bits per heavy atom. The number of benzene rings is 2. The van der Waals surface area contributed by atoms with Crippen molar-refractivity contribution in [2.75, 3.05) is 0 Å². The molecular formula is C13H13N3O2.